The molecule has 1 aliphatic rings. The quantitative estimate of drug-likeness (QED) is 0.357. The molecule has 0 saturated heterocycles. The van der Waals surface area contributed by atoms with E-state index in [4.69, 9.17) is 16.3 Å². The molecule has 0 atom stereocenters. The van der Waals surface area contributed by atoms with Gasteiger partial charge in [0.25, 0.3) is 0 Å². The molecule has 0 spiro atoms. The van der Waals surface area contributed by atoms with Crippen LogP contribution in [0.1, 0.15) is 82.6 Å². The first kappa shape index (κ1) is 19.3. The van der Waals surface area contributed by atoms with Crippen LogP contribution in [0.25, 0.3) is 0 Å². The number of unbranched alkanes of at least 4 members (excludes halogenated alkanes) is 5. The standard InChI is InChI=1S/C21H31ClO2/c1-2-3-4-5-6-7-16-24-20-14-12-18(13-15-20)17-8-10-19(11-9-17)21(22)23/h12-15,17,19H,2-11,16H2,1H3. The van der Waals surface area contributed by atoms with Crippen molar-refractivity contribution < 1.29 is 9.53 Å². The number of halogens is 1. The van der Waals surface area contributed by atoms with E-state index in [1.165, 1.54) is 37.7 Å². The van der Waals surface area contributed by atoms with Gasteiger partial charge in [0.1, 0.15) is 5.75 Å². The van der Waals surface area contributed by atoms with Crippen LogP contribution in [0.4, 0.5) is 0 Å². The third-order valence-corrected chi connectivity index (χ3v) is 5.47. The van der Waals surface area contributed by atoms with E-state index >= 15 is 0 Å². The molecule has 1 aromatic carbocycles. The molecule has 0 radical (unpaired) electrons. The zero-order chi connectivity index (χ0) is 17.2. The van der Waals surface area contributed by atoms with Crippen molar-refractivity contribution in [3.05, 3.63) is 29.8 Å². The van der Waals surface area contributed by atoms with Crippen molar-refractivity contribution in [3.8, 4) is 5.75 Å². The smallest absolute Gasteiger partial charge is 0.224 e. The lowest BCUT2D eigenvalue weighted by Gasteiger charge is -2.26. The van der Waals surface area contributed by atoms with E-state index in [9.17, 15) is 4.79 Å². The van der Waals surface area contributed by atoms with Gasteiger partial charge in [-0.25, -0.2) is 0 Å². The van der Waals surface area contributed by atoms with Crippen molar-refractivity contribution in [1.82, 2.24) is 0 Å². The minimum Gasteiger partial charge on any atom is -0.494 e. The number of hydrogen-bond acceptors (Lipinski definition) is 2. The summed E-state index contributed by atoms with van der Waals surface area (Å²) in [6.07, 6.45) is 11.7. The maximum atomic E-state index is 11.2. The molecule has 2 nitrogen and oxygen atoms in total. The Bertz CT molecular complexity index is 475. The fraction of sp³-hybridized carbons (Fsp3) is 0.667. The molecular formula is C21H31ClO2. The largest absolute Gasteiger partial charge is 0.494 e. The van der Waals surface area contributed by atoms with Crippen molar-refractivity contribution in [2.45, 2.75) is 77.0 Å². The average molecular weight is 351 g/mol. The summed E-state index contributed by atoms with van der Waals surface area (Å²) in [5.41, 5.74) is 1.36. The van der Waals surface area contributed by atoms with Crippen LogP contribution in [-0.4, -0.2) is 11.8 Å². The molecule has 134 valence electrons. The van der Waals surface area contributed by atoms with Gasteiger partial charge in [-0.15, -0.1) is 0 Å². The van der Waals surface area contributed by atoms with Crippen LogP contribution in [0.5, 0.6) is 5.75 Å². The number of benzene rings is 1. The Balaban J connectivity index is 1.67. The number of rotatable bonds is 10. The second-order valence-corrected chi connectivity index (χ2v) is 7.41. The molecule has 2 rings (SSSR count). The summed E-state index contributed by atoms with van der Waals surface area (Å²) in [6.45, 7) is 3.06. The van der Waals surface area contributed by atoms with Crippen LogP contribution in [0.15, 0.2) is 24.3 Å². The van der Waals surface area contributed by atoms with Crippen LogP contribution in [-0.2, 0) is 4.79 Å². The molecular weight excluding hydrogens is 320 g/mol. The van der Waals surface area contributed by atoms with Crippen LogP contribution < -0.4 is 4.74 Å². The summed E-state index contributed by atoms with van der Waals surface area (Å²) in [7, 11) is 0. The van der Waals surface area contributed by atoms with Crippen LogP contribution >= 0.6 is 11.6 Å². The molecule has 0 heterocycles. The van der Waals surface area contributed by atoms with Crippen molar-refractivity contribution in [3.63, 3.8) is 0 Å². The Morgan fingerprint density at radius 1 is 1.00 bits per heavy atom. The van der Waals surface area contributed by atoms with Gasteiger partial charge in [-0.1, -0.05) is 51.2 Å². The Labute approximate surface area is 151 Å². The van der Waals surface area contributed by atoms with Crippen LogP contribution in [0.3, 0.4) is 0 Å². The monoisotopic (exact) mass is 350 g/mol. The van der Waals surface area contributed by atoms with E-state index in [0.717, 1.165) is 44.5 Å². The van der Waals surface area contributed by atoms with Gasteiger partial charge in [0.15, 0.2) is 0 Å². The number of ether oxygens (including phenoxy) is 1. The summed E-state index contributed by atoms with van der Waals surface area (Å²) in [6, 6.07) is 8.55. The highest BCUT2D eigenvalue weighted by Gasteiger charge is 2.25. The molecule has 0 bridgehead atoms. The zero-order valence-electron chi connectivity index (χ0n) is 14.9. The van der Waals surface area contributed by atoms with E-state index in [-0.39, 0.29) is 11.2 Å². The van der Waals surface area contributed by atoms with Gasteiger partial charge >= 0.3 is 0 Å². The number of carbonyl (C=O) groups excluding carboxylic acids is 1. The molecule has 24 heavy (non-hydrogen) atoms. The van der Waals surface area contributed by atoms with Crippen molar-refractivity contribution in [2.24, 2.45) is 5.92 Å². The minimum absolute atomic E-state index is 0.0721. The lowest BCUT2D eigenvalue weighted by Crippen LogP contribution is -2.17. The molecule has 0 aliphatic heterocycles. The maximum Gasteiger partial charge on any atom is 0.224 e. The zero-order valence-corrected chi connectivity index (χ0v) is 15.7. The van der Waals surface area contributed by atoms with Gasteiger partial charge in [-0.05, 0) is 67.3 Å². The van der Waals surface area contributed by atoms with E-state index < -0.39 is 0 Å². The number of hydrogen-bond donors (Lipinski definition) is 0. The predicted molar refractivity (Wildman–Crippen MR) is 101 cm³/mol. The van der Waals surface area contributed by atoms with Crippen LogP contribution in [0, 0.1) is 5.92 Å². The highest BCUT2D eigenvalue weighted by molar-refractivity contribution is 6.63. The molecule has 3 heteroatoms. The first-order valence-corrected chi connectivity index (χ1v) is 10.0. The Morgan fingerprint density at radius 2 is 1.62 bits per heavy atom. The highest BCUT2D eigenvalue weighted by atomic mass is 35.5. The van der Waals surface area contributed by atoms with Crippen molar-refractivity contribution >= 4 is 16.8 Å². The fourth-order valence-corrected chi connectivity index (χ4v) is 3.78. The van der Waals surface area contributed by atoms with Crippen molar-refractivity contribution in [1.29, 1.82) is 0 Å². The Morgan fingerprint density at radius 3 is 2.25 bits per heavy atom. The van der Waals surface area contributed by atoms with Crippen LogP contribution in [0.2, 0.25) is 0 Å². The molecule has 0 unspecified atom stereocenters. The third kappa shape index (κ3) is 6.47. The summed E-state index contributed by atoms with van der Waals surface area (Å²) < 4.78 is 5.84. The average Bonchev–Trinajstić information content (AvgIpc) is 2.61. The normalized spacial score (nSPS) is 20.8. The third-order valence-electron chi connectivity index (χ3n) is 5.17. The van der Waals surface area contributed by atoms with E-state index in [1.807, 2.05) is 0 Å². The second-order valence-electron chi connectivity index (χ2n) is 7.04. The SMILES string of the molecule is CCCCCCCCOc1ccc(C2CCC(C(=O)Cl)CC2)cc1. The summed E-state index contributed by atoms with van der Waals surface area (Å²) in [4.78, 5) is 11.2. The molecule has 1 saturated carbocycles. The highest BCUT2D eigenvalue weighted by Crippen LogP contribution is 2.37. The minimum atomic E-state index is -0.160. The second kappa shape index (κ2) is 10.8. The maximum absolute atomic E-state index is 11.2. The lowest BCUT2D eigenvalue weighted by atomic mass is 9.79. The molecule has 0 amide bonds. The van der Waals surface area contributed by atoms with Crippen molar-refractivity contribution in [2.75, 3.05) is 6.61 Å². The lowest BCUT2D eigenvalue weighted by molar-refractivity contribution is -0.116. The van der Waals surface area contributed by atoms with Gasteiger partial charge in [-0.3, -0.25) is 4.79 Å². The Hall–Kier alpha value is -1.02. The summed E-state index contributed by atoms with van der Waals surface area (Å²) in [5, 5.41) is -0.160. The van der Waals surface area contributed by atoms with Gasteiger partial charge < -0.3 is 4.74 Å². The van der Waals surface area contributed by atoms with E-state index in [0.29, 0.717) is 5.92 Å². The van der Waals surface area contributed by atoms with E-state index in [2.05, 4.69) is 31.2 Å². The predicted octanol–water partition coefficient (Wildman–Crippen LogP) is 6.47. The van der Waals surface area contributed by atoms with E-state index in [1.54, 1.807) is 0 Å². The first-order valence-electron chi connectivity index (χ1n) is 9.62. The van der Waals surface area contributed by atoms with Gasteiger partial charge in [0.05, 0.1) is 6.61 Å². The summed E-state index contributed by atoms with van der Waals surface area (Å²) in [5.74, 6) is 1.60. The topological polar surface area (TPSA) is 26.3 Å². The first-order chi connectivity index (χ1) is 11.7. The molecule has 1 fully saturated rings. The summed E-state index contributed by atoms with van der Waals surface area (Å²) >= 11 is 5.61. The Kier molecular flexibility index (Phi) is 8.66. The van der Waals surface area contributed by atoms with Gasteiger partial charge in [0, 0.05) is 5.92 Å². The van der Waals surface area contributed by atoms with Gasteiger partial charge in [-0.2, -0.15) is 0 Å². The molecule has 1 aliphatic carbocycles. The molecule has 0 N–H and O–H groups in total. The molecule has 0 aromatic heterocycles. The number of carbonyl (C=O) groups is 1. The molecule has 1 aromatic rings. The fourth-order valence-electron chi connectivity index (χ4n) is 3.56. The van der Waals surface area contributed by atoms with Gasteiger partial charge in [0.2, 0.25) is 5.24 Å².